The van der Waals surface area contributed by atoms with Gasteiger partial charge in [0, 0.05) is 53.7 Å². The molecule has 1 saturated carbocycles. The third-order valence-electron chi connectivity index (χ3n) is 10.7. The first-order valence-corrected chi connectivity index (χ1v) is 15.6. The number of amides is 3. The van der Waals surface area contributed by atoms with E-state index in [2.05, 4.69) is 36.4 Å². The lowest BCUT2D eigenvalue weighted by atomic mass is 9.78. The van der Waals surface area contributed by atoms with E-state index in [4.69, 9.17) is 0 Å². The number of rotatable bonds is 8. The van der Waals surface area contributed by atoms with E-state index in [1.165, 1.54) is 15.9 Å². The van der Waals surface area contributed by atoms with Gasteiger partial charge in [-0.25, -0.2) is 9.48 Å². The molecule has 6 aliphatic rings. The Morgan fingerprint density at radius 2 is 2.12 bits per heavy atom. The number of carboxylic acid groups (broad SMARTS) is 1. The normalized spacial score (nSPS) is 41.3. The fourth-order valence-corrected chi connectivity index (χ4v) is 10.5. The van der Waals surface area contributed by atoms with Gasteiger partial charge in [-0.3, -0.25) is 14.4 Å². The van der Waals surface area contributed by atoms with E-state index in [1.54, 1.807) is 18.7 Å². The van der Waals surface area contributed by atoms with Gasteiger partial charge in [-0.05, 0) is 55.0 Å². The summed E-state index contributed by atoms with van der Waals surface area (Å²) in [6.45, 7) is 7.27. The summed E-state index contributed by atoms with van der Waals surface area (Å²) < 4.78 is 1.30. The van der Waals surface area contributed by atoms with Crippen LogP contribution < -0.4 is 16.0 Å². The molecule has 1 spiro atoms. The van der Waals surface area contributed by atoms with Crippen molar-refractivity contribution in [2.24, 2.45) is 23.2 Å². The maximum atomic E-state index is 13.5. The molecule has 11 atom stereocenters. The minimum Gasteiger partial charge on any atom is -0.480 e. The number of piperidine rings is 1. The van der Waals surface area contributed by atoms with Gasteiger partial charge in [0.2, 0.25) is 17.7 Å². The number of tetrazole rings is 1. The zero-order valence-electron chi connectivity index (χ0n) is 23.2. The molecule has 0 aromatic carbocycles. The molecule has 1 aliphatic carbocycles. The molecule has 6 heterocycles. The number of likely N-dealkylation sites (tertiary alicyclic amines) is 1. The highest BCUT2D eigenvalue weighted by Gasteiger charge is 2.65. The Labute approximate surface area is 241 Å². The van der Waals surface area contributed by atoms with E-state index in [0.717, 1.165) is 32.5 Å². The summed E-state index contributed by atoms with van der Waals surface area (Å²) >= 11 is 1.60. The molecular weight excluding hydrogens is 550 g/mol. The van der Waals surface area contributed by atoms with Gasteiger partial charge in [0.25, 0.3) is 0 Å². The molecule has 5 saturated heterocycles. The van der Waals surface area contributed by atoms with Crippen molar-refractivity contribution in [2.45, 2.75) is 80.4 Å². The molecule has 1 aromatic heterocycles. The van der Waals surface area contributed by atoms with Crippen LogP contribution >= 0.6 is 11.8 Å². The minimum absolute atomic E-state index is 0.0659. The Morgan fingerprint density at radius 3 is 2.88 bits per heavy atom. The first-order chi connectivity index (χ1) is 19.7. The average Bonchev–Trinajstić information content (AvgIpc) is 3.75. The standard InChI is InChI=1S/C26H37N9O5S/c1-12-20-19(13(2)30-18(36)8-33-11-29-31-32-33)24(38)35(20)21(25(39)40)22(12)41-16-4-17(28-7-16)23(37)34-10-26-5-15(34)3-14(26)6-27-9-26/h11-17,19-22,27-28H,3-10H2,1-2H3,(H,30,36)(H,39,40)/t12-,13?,14?,15-,16?,17?,19-,20-,21?,22?,26-/m1/s1. The Kier molecular flexibility index (Phi) is 6.54. The van der Waals surface area contributed by atoms with Gasteiger partial charge in [-0.1, -0.05) is 6.92 Å². The number of carbonyl (C=O) groups excluding carboxylic acids is 3. The number of carbonyl (C=O) groups is 4. The van der Waals surface area contributed by atoms with Gasteiger partial charge in [-0.2, -0.15) is 11.8 Å². The number of thioether (sulfide) groups is 1. The maximum absolute atomic E-state index is 13.5. The van der Waals surface area contributed by atoms with E-state index in [-0.39, 0.29) is 58.2 Å². The predicted molar refractivity (Wildman–Crippen MR) is 145 cm³/mol. The fraction of sp³-hybridized carbons (Fsp3) is 0.808. The topological polar surface area (TPSA) is 175 Å². The molecule has 7 rings (SSSR count). The Morgan fingerprint density at radius 1 is 1.29 bits per heavy atom. The number of hydrogen-bond donors (Lipinski definition) is 4. The molecule has 6 unspecified atom stereocenters. The van der Waals surface area contributed by atoms with Gasteiger partial charge in [0.1, 0.15) is 18.9 Å². The number of aromatic nitrogens is 4. The van der Waals surface area contributed by atoms with Crippen LogP contribution in [0.15, 0.2) is 6.33 Å². The molecule has 4 N–H and O–H groups in total. The van der Waals surface area contributed by atoms with Crippen LogP contribution in [0.3, 0.4) is 0 Å². The van der Waals surface area contributed by atoms with E-state index < -0.39 is 24.0 Å². The van der Waals surface area contributed by atoms with E-state index in [0.29, 0.717) is 24.9 Å². The average molecular weight is 588 g/mol. The highest BCUT2D eigenvalue weighted by molar-refractivity contribution is 8.00. The molecular formula is C26H37N9O5S. The lowest BCUT2D eigenvalue weighted by molar-refractivity contribution is -0.166. The summed E-state index contributed by atoms with van der Waals surface area (Å²) in [4.78, 5) is 55.3. The second kappa shape index (κ2) is 9.90. The highest BCUT2D eigenvalue weighted by Crippen LogP contribution is 2.54. The zero-order valence-corrected chi connectivity index (χ0v) is 24.0. The number of fused-ring (bicyclic) bond motifs is 2. The van der Waals surface area contributed by atoms with Crippen molar-refractivity contribution < 1.29 is 24.3 Å². The van der Waals surface area contributed by atoms with E-state index in [9.17, 15) is 24.3 Å². The third kappa shape index (κ3) is 4.25. The second-order valence-corrected chi connectivity index (χ2v) is 14.4. The summed E-state index contributed by atoms with van der Waals surface area (Å²) in [6.07, 6.45) is 4.19. The van der Waals surface area contributed by atoms with Gasteiger partial charge in [-0.15, -0.1) is 5.10 Å². The van der Waals surface area contributed by atoms with Crippen molar-refractivity contribution in [3.8, 4) is 0 Å². The Hall–Kier alpha value is -2.78. The molecule has 5 aliphatic heterocycles. The van der Waals surface area contributed by atoms with Crippen LogP contribution in [0.1, 0.15) is 33.1 Å². The number of β-lactam (4-membered cyclic amide) rings is 1. The lowest BCUT2D eigenvalue weighted by Gasteiger charge is -2.48. The summed E-state index contributed by atoms with van der Waals surface area (Å²) in [5.74, 6) is -1.28. The van der Waals surface area contributed by atoms with Crippen LogP contribution in [0, 0.1) is 23.2 Å². The summed E-state index contributed by atoms with van der Waals surface area (Å²) in [7, 11) is 0. The fourth-order valence-electron chi connectivity index (χ4n) is 8.80. The number of hydrogen-bond acceptors (Lipinski definition) is 10. The Bertz CT molecular complexity index is 1250. The SMILES string of the molecule is CC(NC(=O)Cn1cnnn1)[C@H]1C(=O)N2C(C(=O)O)C(SC3CNC(C(=O)N4C[C@@]56CNCC5C[C@@H]4C6)C3)[C@H](C)[C@H]12. The van der Waals surface area contributed by atoms with Crippen LogP contribution in [0.2, 0.25) is 0 Å². The monoisotopic (exact) mass is 587 g/mol. The van der Waals surface area contributed by atoms with Crippen molar-refractivity contribution in [1.82, 2.24) is 46.0 Å². The van der Waals surface area contributed by atoms with Crippen molar-refractivity contribution in [1.29, 1.82) is 0 Å². The second-order valence-electron chi connectivity index (χ2n) is 12.9. The zero-order chi connectivity index (χ0) is 28.6. The van der Waals surface area contributed by atoms with Gasteiger partial charge in [0.05, 0.1) is 12.0 Å². The molecule has 1 aromatic rings. The van der Waals surface area contributed by atoms with Gasteiger partial charge >= 0.3 is 5.97 Å². The minimum atomic E-state index is -1.01. The molecule has 15 heteroatoms. The van der Waals surface area contributed by atoms with Crippen molar-refractivity contribution in [3.63, 3.8) is 0 Å². The van der Waals surface area contributed by atoms with Crippen LogP contribution in [0.25, 0.3) is 0 Å². The van der Waals surface area contributed by atoms with Gasteiger partial charge in [0.15, 0.2) is 0 Å². The number of aliphatic carboxylic acids is 1. The van der Waals surface area contributed by atoms with E-state index in [1.807, 2.05) is 6.92 Å². The largest absolute Gasteiger partial charge is 0.480 e. The molecule has 41 heavy (non-hydrogen) atoms. The molecule has 2 bridgehead atoms. The first-order valence-electron chi connectivity index (χ1n) is 14.6. The van der Waals surface area contributed by atoms with Crippen molar-refractivity contribution in [2.75, 3.05) is 26.2 Å². The lowest BCUT2D eigenvalue weighted by Crippen LogP contribution is -2.68. The van der Waals surface area contributed by atoms with Crippen LogP contribution in [0.4, 0.5) is 0 Å². The molecule has 14 nitrogen and oxygen atoms in total. The maximum Gasteiger partial charge on any atom is 0.327 e. The number of nitrogens with one attached hydrogen (secondary N) is 3. The highest BCUT2D eigenvalue weighted by atomic mass is 32.2. The third-order valence-corrected chi connectivity index (χ3v) is 12.4. The van der Waals surface area contributed by atoms with Gasteiger partial charge < -0.3 is 30.9 Å². The number of carboxylic acids is 1. The molecule has 0 radical (unpaired) electrons. The summed E-state index contributed by atoms with van der Waals surface area (Å²) in [6, 6.07) is -1.58. The smallest absolute Gasteiger partial charge is 0.327 e. The molecule has 222 valence electrons. The summed E-state index contributed by atoms with van der Waals surface area (Å²) in [5.41, 5.74) is 0.252. The van der Waals surface area contributed by atoms with E-state index >= 15 is 0 Å². The van der Waals surface area contributed by atoms with Crippen LogP contribution in [-0.2, 0) is 25.7 Å². The number of nitrogens with zero attached hydrogens (tertiary/aromatic N) is 6. The van der Waals surface area contributed by atoms with Crippen molar-refractivity contribution in [3.05, 3.63) is 6.33 Å². The Balaban J connectivity index is 0.981. The molecule has 6 fully saturated rings. The summed E-state index contributed by atoms with van der Waals surface area (Å²) in [5, 5.41) is 30.5. The van der Waals surface area contributed by atoms with Crippen LogP contribution in [0.5, 0.6) is 0 Å². The molecule has 3 amide bonds. The van der Waals surface area contributed by atoms with Crippen molar-refractivity contribution >= 4 is 35.5 Å². The first kappa shape index (κ1) is 27.1. The quantitative estimate of drug-likeness (QED) is 0.251. The van der Waals surface area contributed by atoms with Crippen LogP contribution in [-0.4, -0.2) is 126 Å². The predicted octanol–water partition coefficient (Wildman–Crippen LogP) is -1.85.